The Morgan fingerprint density at radius 3 is 2.59 bits per heavy atom. The van der Waals surface area contributed by atoms with Crippen LogP contribution in [0.5, 0.6) is 0 Å². The Labute approximate surface area is 167 Å². The molecule has 1 fully saturated rings. The lowest BCUT2D eigenvalue weighted by Gasteiger charge is -2.33. The lowest BCUT2D eigenvalue weighted by molar-refractivity contribution is 0.00884. The van der Waals surface area contributed by atoms with Crippen LogP contribution in [0, 0.1) is 0 Å². The fourth-order valence-electron chi connectivity index (χ4n) is 4.12. The largest absolute Gasteiger partial charge is 0.390 e. The molecule has 0 aliphatic heterocycles. The molecular formula is C20H21N5O3S. The van der Waals surface area contributed by atoms with E-state index < -0.39 is 15.6 Å². The van der Waals surface area contributed by atoms with Gasteiger partial charge in [-0.15, -0.1) is 5.10 Å². The van der Waals surface area contributed by atoms with Gasteiger partial charge in [-0.1, -0.05) is 23.4 Å². The van der Waals surface area contributed by atoms with E-state index in [9.17, 15) is 13.5 Å². The van der Waals surface area contributed by atoms with Crippen molar-refractivity contribution in [3.63, 3.8) is 0 Å². The van der Waals surface area contributed by atoms with Crippen LogP contribution in [-0.4, -0.2) is 43.1 Å². The number of benzene rings is 1. The fraction of sp³-hybridized carbons (Fsp3) is 0.350. The number of rotatable bonds is 3. The molecule has 0 spiro atoms. The van der Waals surface area contributed by atoms with Crippen molar-refractivity contribution in [2.24, 2.45) is 0 Å². The molecule has 150 valence electrons. The highest BCUT2D eigenvalue weighted by Crippen LogP contribution is 2.37. The summed E-state index contributed by atoms with van der Waals surface area (Å²) in [6, 6.07) is 10.2. The van der Waals surface area contributed by atoms with Gasteiger partial charge in [-0.25, -0.2) is 22.1 Å². The molecule has 0 radical (unpaired) electrons. The Bertz CT molecular complexity index is 1300. The third-order valence-electron chi connectivity index (χ3n) is 5.79. The zero-order valence-electron chi connectivity index (χ0n) is 15.9. The molecule has 0 saturated heterocycles. The maximum atomic E-state index is 13.1. The maximum Gasteiger partial charge on any atom is 0.269 e. The first-order valence-corrected chi connectivity index (χ1v) is 11.0. The highest BCUT2D eigenvalue weighted by Gasteiger charge is 2.31. The summed E-state index contributed by atoms with van der Waals surface area (Å²) < 4.78 is 29.3. The van der Waals surface area contributed by atoms with Gasteiger partial charge in [-0.3, -0.25) is 0 Å². The van der Waals surface area contributed by atoms with Crippen molar-refractivity contribution in [3.05, 3.63) is 48.8 Å². The molecule has 29 heavy (non-hydrogen) atoms. The average molecular weight is 411 g/mol. The molecule has 5 rings (SSSR count). The van der Waals surface area contributed by atoms with E-state index in [1.165, 1.54) is 10.2 Å². The molecule has 1 aliphatic carbocycles. The normalized spacial score (nSPS) is 23.0. The van der Waals surface area contributed by atoms with E-state index in [4.69, 9.17) is 0 Å². The van der Waals surface area contributed by atoms with Crippen molar-refractivity contribution in [1.29, 1.82) is 0 Å². The lowest BCUT2D eigenvalue weighted by atomic mass is 9.83. The number of aromatic nitrogens is 5. The first-order valence-electron chi connectivity index (χ1n) is 9.61. The van der Waals surface area contributed by atoms with Gasteiger partial charge in [-0.05, 0) is 50.8 Å². The number of pyridine rings is 1. The van der Waals surface area contributed by atoms with Crippen molar-refractivity contribution in [2.75, 3.05) is 0 Å². The van der Waals surface area contributed by atoms with E-state index in [0.29, 0.717) is 29.4 Å². The van der Waals surface area contributed by atoms with Crippen LogP contribution in [0.3, 0.4) is 0 Å². The maximum absolute atomic E-state index is 13.1. The standard InChI is InChI=1S/C20H21N5O3S/c1-20(26)10-7-14(8-11-20)25-18-16-9-12-24(19(16)21-13-17(18)22-23-25)29(27,28)15-5-3-2-4-6-15/h2-6,9,12-14,26H,7-8,10-11H2,1H3. The molecule has 0 bridgehead atoms. The van der Waals surface area contributed by atoms with E-state index in [0.717, 1.165) is 18.4 Å². The Balaban J connectivity index is 1.65. The summed E-state index contributed by atoms with van der Waals surface area (Å²) in [5.74, 6) is 0. The van der Waals surface area contributed by atoms with Crippen LogP contribution in [0.15, 0.2) is 53.7 Å². The average Bonchev–Trinajstić information content (AvgIpc) is 3.33. The number of hydrogen-bond donors (Lipinski definition) is 1. The number of hydrogen-bond acceptors (Lipinski definition) is 6. The van der Waals surface area contributed by atoms with Gasteiger partial charge < -0.3 is 5.11 Å². The van der Waals surface area contributed by atoms with E-state index in [2.05, 4.69) is 15.3 Å². The minimum Gasteiger partial charge on any atom is -0.390 e. The molecule has 4 aromatic rings. The van der Waals surface area contributed by atoms with Crippen LogP contribution < -0.4 is 0 Å². The van der Waals surface area contributed by atoms with E-state index in [-0.39, 0.29) is 10.9 Å². The van der Waals surface area contributed by atoms with Crippen LogP contribution in [-0.2, 0) is 10.0 Å². The third-order valence-corrected chi connectivity index (χ3v) is 7.47. The monoisotopic (exact) mass is 411 g/mol. The topological polar surface area (TPSA) is 103 Å². The van der Waals surface area contributed by atoms with Crippen molar-refractivity contribution < 1.29 is 13.5 Å². The van der Waals surface area contributed by atoms with E-state index in [1.54, 1.807) is 42.6 Å². The van der Waals surface area contributed by atoms with Crippen molar-refractivity contribution >= 4 is 32.1 Å². The molecule has 1 saturated carbocycles. The van der Waals surface area contributed by atoms with Crippen molar-refractivity contribution in [3.8, 4) is 0 Å². The molecule has 8 nitrogen and oxygen atoms in total. The van der Waals surface area contributed by atoms with Crippen LogP contribution in [0.2, 0.25) is 0 Å². The number of aliphatic hydroxyl groups is 1. The predicted molar refractivity (Wildman–Crippen MR) is 108 cm³/mol. The molecule has 0 unspecified atom stereocenters. The van der Waals surface area contributed by atoms with Gasteiger partial charge in [0.25, 0.3) is 10.0 Å². The molecule has 1 aromatic carbocycles. The van der Waals surface area contributed by atoms with Crippen molar-refractivity contribution in [1.82, 2.24) is 24.0 Å². The van der Waals surface area contributed by atoms with Gasteiger partial charge in [0, 0.05) is 11.6 Å². The van der Waals surface area contributed by atoms with Crippen LogP contribution in [0.25, 0.3) is 22.1 Å². The van der Waals surface area contributed by atoms with Gasteiger partial charge in [0.15, 0.2) is 5.65 Å². The van der Waals surface area contributed by atoms with Gasteiger partial charge >= 0.3 is 0 Å². The number of fused-ring (bicyclic) bond motifs is 3. The van der Waals surface area contributed by atoms with Crippen LogP contribution in [0.1, 0.15) is 38.6 Å². The fourth-order valence-corrected chi connectivity index (χ4v) is 5.44. The second-order valence-corrected chi connectivity index (χ2v) is 9.74. The van der Waals surface area contributed by atoms with E-state index in [1.807, 2.05) is 11.6 Å². The zero-order valence-corrected chi connectivity index (χ0v) is 16.7. The quantitative estimate of drug-likeness (QED) is 0.556. The van der Waals surface area contributed by atoms with Gasteiger partial charge in [0.2, 0.25) is 0 Å². The highest BCUT2D eigenvalue weighted by atomic mass is 32.2. The summed E-state index contributed by atoms with van der Waals surface area (Å²) in [5.41, 5.74) is 1.12. The summed E-state index contributed by atoms with van der Waals surface area (Å²) in [7, 11) is -3.76. The molecule has 1 aliphatic rings. The van der Waals surface area contributed by atoms with Crippen molar-refractivity contribution in [2.45, 2.75) is 49.1 Å². The summed E-state index contributed by atoms with van der Waals surface area (Å²) in [5, 5.41) is 19.5. The van der Waals surface area contributed by atoms with Gasteiger partial charge in [0.1, 0.15) is 11.0 Å². The summed E-state index contributed by atoms with van der Waals surface area (Å²) in [6.07, 6.45) is 6.06. The molecule has 0 atom stereocenters. The predicted octanol–water partition coefficient (Wildman–Crippen LogP) is 2.88. The summed E-state index contributed by atoms with van der Waals surface area (Å²) in [4.78, 5) is 4.58. The molecule has 9 heteroatoms. The smallest absolute Gasteiger partial charge is 0.269 e. The Morgan fingerprint density at radius 1 is 1.14 bits per heavy atom. The summed E-state index contributed by atoms with van der Waals surface area (Å²) >= 11 is 0. The van der Waals surface area contributed by atoms with Gasteiger partial charge in [-0.2, -0.15) is 0 Å². The summed E-state index contributed by atoms with van der Waals surface area (Å²) in [6.45, 7) is 1.86. The minimum absolute atomic E-state index is 0.111. The Hall–Kier alpha value is -2.78. The lowest BCUT2D eigenvalue weighted by Crippen LogP contribution is -2.31. The van der Waals surface area contributed by atoms with Gasteiger partial charge in [0.05, 0.1) is 22.7 Å². The molecule has 0 amide bonds. The Morgan fingerprint density at radius 2 is 1.86 bits per heavy atom. The van der Waals surface area contributed by atoms with Crippen LogP contribution in [0.4, 0.5) is 0 Å². The highest BCUT2D eigenvalue weighted by molar-refractivity contribution is 7.90. The first kappa shape index (κ1) is 18.3. The molecule has 3 aromatic heterocycles. The third kappa shape index (κ3) is 2.92. The minimum atomic E-state index is -3.76. The van der Waals surface area contributed by atoms with E-state index >= 15 is 0 Å². The van der Waals surface area contributed by atoms with Crippen LogP contribution >= 0.6 is 0 Å². The second kappa shape index (κ2) is 6.36. The first-order chi connectivity index (χ1) is 13.9. The Kier molecular flexibility index (Phi) is 4.01. The molecule has 3 heterocycles. The number of nitrogens with zero attached hydrogens (tertiary/aromatic N) is 5. The molecule has 1 N–H and O–H groups in total. The molecular weight excluding hydrogens is 390 g/mol. The SMILES string of the molecule is CC1(O)CCC(n2nnc3cnc4c(ccn4S(=O)(=O)c4ccccc4)c32)CC1. The zero-order chi connectivity index (χ0) is 20.2. The second-order valence-electron chi connectivity index (χ2n) is 7.92.